The van der Waals surface area contributed by atoms with Gasteiger partial charge in [0, 0.05) is 12.7 Å². The van der Waals surface area contributed by atoms with Gasteiger partial charge >= 0.3 is 0 Å². The van der Waals surface area contributed by atoms with Crippen molar-refractivity contribution in [3.63, 3.8) is 0 Å². The fraction of sp³-hybridized carbons (Fsp3) is 0.286. The van der Waals surface area contributed by atoms with Gasteiger partial charge in [0.25, 0.3) is 0 Å². The van der Waals surface area contributed by atoms with Crippen LogP contribution in [-0.4, -0.2) is 24.2 Å². The number of benzene rings is 2. The van der Waals surface area contributed by atoms with Crippen LogP contribution in [0.2, 0.25) is 0 Å². The van der Waals surface area contributed by atoms with E-state index in [1.165, 1.54) is 0 Å². The number of rotatable bonds is 7. The molecule has 0 bridgehead atoms. The van der Waals surface area contributed by atoms with E-state index in [0.29, 0.717) is 5.76 Å². The molecule has 1 aliphatic rings. The zero-order valence-corrected chi connectivity index (χ0v) is 14.6. The largest absolute Gasteiger partial charge is 0.468 e. The second-order valence-corrected chi connectivity index (χ2v) is 6.49. The zero-order valence-electron chi connectivity index (χ0n) is 14.6. The molecule has 26 heavy (non-hydrogen) atoms. The predicted molar refractivity (Wildman–Crippen MR) is 97.6 cm³/mol. The van der Waals surface area contributed by atoms with E-state index >= 15 is 0 Å². The van der Waals surface area contributed by atoms with Crippen LogP contribution >= 0.6 is 0 Å². The summed E-state index contributed by atoms with van der Waals surface area (Å²) < 4.78 is 16.0. The summed E-state index contributed by atoms with van der Waals surface area (Å²) in [5.41, 5.74) is 3.48. The first-order valence-electron chi connectivity index (χ1n) is 8.73. The molecule has 1 atom stereocenters. The van der Waals surface area contributed by atoms with E-state index in [1.54, 1.807) is 7.11 Å². The Morgan fingerprint density at radius 2 is 1.81 bits per heavy atom. The molecule has 4 rings (SSSR count). The second-order valence-electron chi connectivity index (χ2n) is 6.49. The Balaban J connectivity index is 1.74. The fourth-order valence-electron chi connectivity index (χ4n) is 3.05. The highest BCUT2D eigenvalue weighted by Gasteiger charge is 2.36. The van der Waals surface area contributed by atoms with Crippen molar-refractivity contribution in [2.75, 3.05) is 13.9 Å². The predicted octanol–water partition coefficient (Wildman–Crippen LogP) is 4.43. The van der Waals surface area contributed by atoms with E-state index in [4.69, 9.17) is 14.0 Å². The highest BCUT2D eigenvalue weighted by molar-refractivity contribution is 5.82. The van der Waals surface area contributed by atoms with Crippen molar-refractivity contribution in [1.29, 1.82) is 0 Å². The van der Waals surface area contributed by atoms with Gasteiger partial charge in [-0.1, -0.05) is 35.5 Å². The first-order valence-corrected chi connectivity index (χ1v) is 8.73. The molecular formula is C21H21NO4. The maximum Gasteiger partial charge on any atom is 0.188 e. The Kier molecular flexibility index (Phi) is 4.73. The van der Waals surface area contributed by atoms with E-state index in [0.717, 1.165) is 41.0 Å². The van der Waals surface area contributed by atoms with E-state index in [1.807, 2.05) is 54.6 Å². The number of aliphatic hydroxyl groups is 1. The second kappa shape index (κ2) is 7.32. The molecule has 1 saturated carbocycles. The minimum atomic E-state index is -0.615. The molecule has 0 radical (unpaired) electrons. The molecule has 5 nitrogen and oxygen atoms in total. The summed E-state index contributed by atoms with van der Waals surface area (Å²) in [4.78, 5) is 0. The van der Waals surface area contributed by atoms with Gasteiger partial charge in [-0.05, 0) is 48.6 Å². The van der Waals surface area contributed by atoms with Crippen LogP contribution in [0.25, 0.3) is 22.4 Å². The summed E-state index contributed by atoms with van der Waals surface area (Å²) in [6, 6.07) is 17.5. The van der Waals surface area contributed by atoms with E-state index in [-0.39, 0.29) is 12.7 Å². The van der Waals surface area contributed by atoms with Crippen molar-refractivity contribution in [3.8, 4) is 28.1 Å². The van der Waals surface area contributed by atoms with Crippen LogP contribution in [0, 0.1) is 5.92 Å². The maximum absolute atomic E-state index is 10.6. The molecule has 5 heteroatoms. The monoisotopic (exact) mass is 351 g/mol. The molecule has 0 amide bonds. The summed E-state index contributed by atoms with van der Waals surface area (Å²) >= 11 is 0. The summed E-state index contributed by atoms with van der Waals surface area (Å²) in [6.45, 7) is 0.205. The Morgan fingerprint density at radius 1 is 1.08 bits per heavy atom. The summed E-state index contributed by atoms with van der Waals surface area (Å²) in [7, 11) is 1.59. The van der Waals surface area contributed by atoms with Crippen LogP contribution in [-0.2, 0) is 4.74 Å². The van der Waals surface area contributed by atoms with Gasteiger partial charge in [0.15, 0.2) is 12.6 Å². The van der Waals surface area contributed by atoms with Crippen LogP contribution in [0.15, 0.2) is 59.1 Å². The zero-order chi connectivity index (χ0) is 17.9. The molecule has 0 saturated heterocycles. The first-order chi connectivity index (χ1) is 12.8. The highest BCUT2D eigenvalue weighted by atomic mass is 16.7. The lowest BCUT2D eigenvalue weighted by atomic mass is 9.96. The van der Waals surface area contributed by atoms with Gasteiger partial charge in [0.05, 0.1) is 5.56 Å². The smallest absolute Gasteiger partial charge is 0.188 e. The van der Waals surface area contributed by atoms with Crippen molar-refractivity contribution < 1.29 is 19.1 Å². The van der Waals surface area contributed by atoms with Gasteiger partial charge in [0.2, 0.25) is 0 Å². The van der Waals surface area contributed by atoms with Crippen LogP contribution in [0.3, 0.4) is 0 Å². The van der Waals surface area contributed by atoms with Crippen LogP contribution < -0.4 is 4.74 Å². The molecule has 1 aliphatic carbocycles. The molecule has 1 aromatic heterocycles. The maximum atomic E-state index is 10.6. The van der Waals surface area contributed by atoms with Crippen molar-refractivity contribution in [3.05, 3.63) is 60.4 Å². The van der Waals surface area contributed by atoms with Gasteiger partial charge in [0.1, 0.15) is 17.5 Å². The average Bonchev–Trinajstić information content (AvgIpc) is 3.45. The number of nitrogens with zero attached hydrogens (tertiary/aromatic N) is 1. The number of aliphatic hydroxyl groups excluding tert-OH is 1. The van der Waals surface area contributed by atoms with Crippen LogP contribution in [0.4, 0.5) is 0 Å². The van der Waals surface area contributed by atoms with Gasteiger partial charge in [-0.2, -0.15) is 0 Å². The number of methoxy groups -OCH3 is 1. The van der Waals surface area contributed by atoms with Crippen molar-refractivity contribution >= 4 is 0 Å². The molecular weight excluding hydrogens is 330 g/mol. The molecule has 0 spiro atoms. The molecule has 1 unspecified atom stereocenters. The Labute approximate surface area is 152 Å². The van der Waals surface area contributed by atoms with Crippen molar-refractivity contribution in [1.82, 2.24) is 5.16 Å². The van der Waals surface area contributed by atoms with Gasteiger partial charge < -0.3 is 19.1 Å². The van der Waals surface area contributed by atoms with Crippen molar-refractivity contribution in [2.24, 2.45) is 5.92 Å². The lowest BCUT2D eigenvalue weighted by Gasteiger charge is -2.10. The first kappa shape index (κ1) is 16.8. The molecule has 134 valence electrons. The van der Waals surface area contributed by atoms with E-state index in [2.05, 4.69) is 5.16 Å². The summed E-state index contributed by atoms with van der Waals surface area (Å²) in [5.74, 6) is 1.54. The number of hydrogen-bond donors (Lipinski definition) is 1. The van der Waals surface area contributed by atoms with E-state index < -0.39 is 6.10 Å². The van der Waals surface area contributed by atoms with Crippen molar-refractivity contribution in [2.45, 2.75) is 18.9 Å². The van der Waals surface area contributed by atoms with Gasteiger partial charge in [-0.3, -0.25) is 0 Å². The molecule has 2 aromatic carbocycles. The van der Waals surface area contributed by atoms with Gasteiger partial charge in [-0.25, -0.2) is 0 Å². The Hall–Kier alpha value is -2.63. The average molecular weight is 351 g/mol. The normalized spacial score (nSPS) is 15.0. The van der Waals surface area contributed by atoms with Crippen LogP contribution in [0.5, 0.6) is 5.75 Å². The quantitative estimate of drug-likeness (QED) is 0.638. The SMILES string of the molecule is COCOc1ccc(-c2noc(C(O)C3CC3)c2-c2ccccc2)cc1. The lowest BCUT2D eigenvalue weighted by Crippen LogP contribution is -2.00. The third-order valence-corrected chi connectivity index (χ3v) is 4.59. The van der Waals surface area contributed by atoms with Gasteiger partial charge in [-0.15, -0.1) is 0 Å². The third kappa shape index (κ3) is 3.36. The molecule has 1 fully saturated rings. The standard InChI is InChI=1S/C21H21NO4/c1-24-13-25-17-11-9-15(10-12-17)19-18(14-5-3-2-4-6-14)21(26-22-19)20(23)16-7-8-16/h2-6,9-12,16,20,23H,7-8,13H2,1H3. The van der Waals surface area contributed by atoms with Crippen LogP contribution in [0.1, 0.15) is 24.7 Å². The minimum Gasteiger partial charge on any atom is -0.468 e. The Bertz CT molecular complexity index is 853. The number of hydrogen-bond acceptors (Lipinski definition) is 5. The lowest BCUT2D eigenvalue weighted by molar-refractivity contribution is 0.0511. The topological polar surface area (TPSA) is 64.7 Å². The summed E-state index contributed by atoms with van der Waals surface area (Å²) in [5, 5.41) is 14.9. The molecule has 0 aliphatic heterocycles. The third-order valence-electron chi connectivity index (χ3n) is 4.59. The highest BCUT2D eigenvalue weighted by Crippen LogP contribution is 2.46. The number of ether oxygens (including phenoxy) is 2. The minimum absolute atomic E-state index is 0.205. The van der Waals surface area contributed by atoms with E-state index in [9.17, 15) is 5.11 Å². The summed E-state index contributed by atoms with van der Waals surface area (Å²) in [6.07, 6.45) is 1.43. The Morgan fingerprint density at radius 3 is 2.46 bits per heavy atom. The number of aromatic nitrogens is 1. The molecule has 1 heterocycles. The molecule has 1 N–H and O–H groups in total. The fourth-order valence-corrected chi connectivity index (χ4v) is 3.05. The molecule has 3 aromatic rings.